The fourth-order valence-electron chi connectivity index (χ4n) is 3.59. The number of carbonyl (C=O) groups excluding carboxylic acids is 1. The van der Waals surface area contributed by atoms with Crippen LogP contribution in [0.3, 0.4) is 0 Å². The van der Waals surface area contributed by atoms with Crippen LogP contribution in [-0.4, -0.2) is 34.7 Å². The molecule has 3 rings (SSSR count). The number of carbonyl (C=O) groups is 1. The van der Waals surface area contributed by atoms with Crippen molar-refractivity contribution in [3.8, 4) is 0 Å². The molecule has 1 spiro atoms. The van der Waals surface area contributed by atoms with Crippen LogP contribution in [0.5, 0.6) is 0 Å². The van der Waals surface area contributed by atoms with Crippen molar-refractivity contribution >= 4 is 12.2 Å². The summed E-state index contributed by atoms with van der Waals surface area (Å²) >= 11 is 0. The SMILES string of the molecule is CC(C)(C)OC(=O)N1CC2(CC/C(=C/c3ccc(C(F)(F)F)nc3)C2)C1. The first-order chi connectivity index (χ1) is 12.0. The Balaban J connectivity index is 1.58. The number of likely N-dealkylation sites (tertiary alicyclic amines) is 1. The number of nitrogens with zero attached hydrogens (tertiary/aromatic N) is 2. The van der Waals surface area contributed by atoms with Crippen molar-refractivity contribution < 1.29 is 22.7 Å². The predicted octanol–water partition coefficient (Wildman–Crippen LogP) is 4.90. The van der Waals surface area contributed by atoms with Crippen LogP contribution in [0, 0.1) is 5.41 Å². The number of hydrogen-bond donors (Lipinski definition) is 0. The van der Waals surface area contributed by atoms with Gasteiger partial charge in [-0.1, -0.05) is 17.7 Å². The quantitative estimate of drug-likeness (QED) is 0.708. The highest BCUT2D eigenvalue weighted by Gasteiger charge is 2.49. The summed E-state index contributed by atoms with van der Waals surface area (Å²) in [4.78, 5) is 17.3. The zero-order chi connectivity index (χ0) is 19.2. The monoisotopic (exact) mass is 368 g/mol. The van der Waals surface area contributed by atoms with Crippen LogP contribution >= 0.6 is 0 Å². The van der Waals surface area contributed by atoms with Gasteiger partial charge in [0.05, 0.1) is 0 Å². The van der Waals surface area contributed by atoms with Gasteiger partial charge in [0.25, 0.3) is 0 Å². The van der Waals surface area contributed by atoms with Crippen LogP contribution in [0.15, 0.2) is 23.9 Å². The van der Waals surface area contributed by atoms with Crippen molar-refractivity contribution in [1.82, 2.24) is 9.88 Å². The molecule has 1 aromatic heterocycles. The van der Waals surface area contributed by atoms with Crippen molar-refractivity contribution in [2.45, 2.75) is 51.8 Å². The van der Waals surface area contributed by atoms with Gasteiger partial charge in [-0.25, -0.2) is 4.79 Å². The van der Waals surface area contributed by atoms with E-state index < -0.39 is 17.5 Å². The number of pyridine rings is 1. The summed E-state index contributed by atoms with van der Waals surface area (Å²) in [5.41, 5.74) is 0.566. The van der Waals surface area contributed by atoms with E-state index in [0.717, 1.165) is 25.3 Å². The largest absolute Gasteiger partial charge is 0.444 e. The zero-order valence-electron chi connectivity index (χ0n) is 15.2. The Morgan fingerprint density at radius 1 is 1.27 bits per heavy atom. The summed E-state index contributed by atoms with van der Waals surface area (Å²) in [5.74, 6) is 0. The molecule has 1 saturated heterocycles. The van der Waals surface area contributed by atoms with E-state index in [1.807, 2.05) is 26.8 Å². The minimum atomic E-state index is -4.42. The number of halogens is 3. The maximum atomic E-state index is 12.6. The second kappa shape index (κ2) is 6.28. The Labute approximate surface area is 151 Å². The first kappa shape index (κ1) is 18.7. The van der Waals surface area contributed by atoms with Crippen LogP contribution in [-0.2, 0) is 10.9 Å². The third-order valence-electron chi connectivity index (χ3n) is 4.73. The van der Waals surface area contributed by atoms with Crippen LogP contribution in [0.4, 0.5) is 18.0 Å². The van der Waals surface area contributed by atoms with Crippen molar-refractivity contribution in [3.63, 3.8) is 0 Å². The number of hydrogen-bond acceptors (Lipinski definition) is 3. The third-order valence-corrected chi connectivity index (χ3v) is 4.73. The molecule has 1 aliphatic carbocycles. The van der Waals surface area contributed by atoms with E-state index in [-0.39, 0.29) is 11.5 Å². The average Bonchev–Trinajstić information content (AvgIpc) is 2.87. The van der Waals surface area contributed by atoms with Gasteiger partial charge in [0, 0.05) is 24.7 Å². The molecule has 0 bridgehead atoms. The van der Waals surface area contributed by atoms with Crippen LogP contribution in [0.2, 0.25) is 0 Å². The molecule has 26 heavy (non-hydrogen) atoms. The van der Waals surface area contributed by atoms with Gasteiger partial charge in [-0.05, 0) is 51.7 Å². The van der Waals surface area contributed by atoms with Gasteiger partial charge >= 0.3 is 12.3 Å². The minimum Gasteiger partial charge on any atom is -0.444 e. The van der Waals surface area contributed by atoms with Crippen LogP contribution in [0.25, 0.3) is 6.08 Å². The third kappa shape index (κ3) is 4.19. The van der Waals surface area contributed by atoms with Gasteiger partial charge in [-0.15, -0.1) is 0 Å². The Hall–Kier alpha value is -2.05. The molecule has 2 fully saturated rings. The summed E-state index contributed by atoms with van der Waals surface area (Å²) in [6.07, 6.45) is 1.20. The van der Waals surface area contributed by atoms with E-state index in [0.29, 0.717) is 18.7 Å². The number of amides is 1. The first-order valence-corrected chi connectivity index (χ1v) is 8.67. The highest BCUT2D eigenvalue weighted by molar-refractivity contribution is 5.69. The molecular formula is C19H23F3N2O2. The summed E-state index contributed by atoms with van der Waals surface area (Å²) in [5, 5.41) is 0. The van der Waals surface area contributed by atoms with Gasteiger partial charge in [0.15, 0.2) is 0 Å². The van der Waals surface area contributed by atoms with E-state index in [4.69, 9.17) is 4.74 Å². The van der Waals surface area contributed by atoms with Gasteiger partial charge < -0.3 is 9.64 Å². The molecule has 0 unspecified atom stereocenters. The molecule has 0 radical (unpaired) electrons. The topological polar surface area (TPSA) is 42.4 Å². The molecule has 1 saturated carbocycles. The molecular weight excluding hydrogens is 345 g/mol. The summed E-state index contributed by atoms with van der Waals surface area (Å²) in [6, 6.07) is 2.45. The van der Waals surface area contributed by atoms with Crippen molar-refractivity contribution in [1.29, 1.82) is 0 Å². The van der Waals surface area contributed by atoms with Crippen molar-refractivity contribution in [2.24, 2.45) is 5.41 Å². The first-order valence-electron chi connectivity index (χ1n) is 8.67. The average molecular weight is 368 g/mol. The lowest BCUT2D eigenvalue weighted by atomic mass is 9.78. The summed E-state index contributed by atoms with van der Waals surface area (Å²) in [7, 11) is 0. The molecule has 1 aliphatic heterocycles. The molecule has 0 aromatic carbocycles. The van der Waals surface area contributed by atoms with E-state index in [2.05, 4.69) is 4.98 Å². The fourth-order valence-corrected chi connectivity index (χ4v) is 3.59. The highest BCUT2D eigenvalue weighted by Crippen LogP contribution is 2.48. The normalized spacial score (nSPS) is 21.2. The van der Waals surface area contributed by atoms with Gasteiger partial charge in [-0.3, -0.25) is 4.98 Å². The zero-order valence-corrected chi connectivity index (χ0v) is 15.2. The number of alkyl halides is 3. The van der Waals surface area contributed by atoms with Gasteiger partial charge in [0.1, 0.15) is 11.3 Å². The molecule has 0 atom stereocenters. The molecule has 1 amide bonds. The lowest BCUT2D eigenvalue weighted by Crippen LogP contribution is -2.58. The number of ether oxygens (including phenoxy) is 1. The van der Waals surface area contributed by atoms with Gasteiger partial charge in [0.2, 0.25) is 0 Å². The number of allylic oxidation sites excluding steroid dienone is 1. The molecule has 7 heteroatoms. The van der Waals surface area contributed by atoms with Crippen molar-refractivity contribution in [3.05, 3.63) is 35.2 Å². The maximum absolute atomic E-state index is 12.6. The molecule has 4 nitrogen and oxygen atoms in total. The Bertz CT molecular complexity index is 712. The minimum absolute atomic E-state index is 0.0854. The number of rotatable bonds is 1. The second-order valence-corrected chi connectivity index (χ2v) is 8.29. The smallest absolute Gasteiger partial charge is 0.433 e. The lowest BCUT2D eigenvalue weighted by molar-refractivity contribution is -0.141. The Morgan fingerprint density at radius 2 is 1.96 bits per heavy atom. The second-order valence-electron chi connectivity index (χ2n) is 8.29. The van der Waals surface area contributed by atoms with E-state index in [9.17, 15) is 18.0 Å². The Morgan fingerprint density at radius 3 is 2.50 bits per heavy atom. The summed E-state index contributed by atoms with van der Waals surface area (Å²) in [6.45, 7) is 6.87. The van der Waals surface area contributed by atoms with Crippen LogP contribution < -0.4 is 0 Å². The molecule has 2 aliphatic rings. The number of aromatic nitrogens is 1. The molecule has 1 aromatic rings. The lowest BCUT2D eigenvalue weighted by Gasteiger charge is -2.47. The van der Waals surface area contributed by atoms with Crippen molar-refractivity contribution in [2.75, 3.05) is 13.1 Å². The fraction of sp³-hybridized carbons (Fsp3) is 0.579. The molecule has 2 heterocycles. The molecule has 142 valence electrons. The van der Waals surface area contributed by atoms with E-state index >= 15 is 0 Å². The maximum Gasteiger partial charge on any atom is 0.433 e. The summed E-state index contributed by atoms with van der Waals surface area (Å²) < 4.78 is 43.1. The predicted molar refractivity (Wildman–Crippen MR) is 91.3 cm³/mol. The highest BCUT2D eigenvalue weighted by atomic mass is 19.4. The van der Waals surface area contributed by atoms with E-state index in [1.165, 1.54) is 17.8 Å². The Kier molecular flexibility index (Phi) is 4.53. The van der Waals surface area contributed by atoms with E-state index in [1.54, 1.807) is 4.90 Å². The van der Waals surface area contributed by atoms with Crippen LogP contribution in [0.1, 0.15) is 51.3 Å². The standard InChI is InChI=1S/C19H23F3N2O2/c1-17(2,3)26-16(25)24-11-18(12-24)7-6-13(9-18)8-14-4-5-15(23-10-14)19(20,21)22/h4-5,8,10H,6-7,9,11-12H2,1-3H3/b13-8-. The molecule has 0 N–H and O–H groups in total. The van der Waals surface area contributed by atoms with Gasteiger partial charge in [-0.2, -0.15) is 13.2 Å².